The molecular formula is C9H11N5. The summed E-state index contributed by atoms with van der Waals surface area (Å²) >= 11 is 0. The van der Waals surface area contributed by atoms with Gasteiger partial charge in [-0.1, -0.05) is 6.92 Å². The van der Waals surface area contributed by atoms with E-state index in [1.165, 1.54) is 0 Å². The summed E-state index contributed by atoms with van der Waals surface area (Å²) in [5.41, 5.74) is 1.09. The van der Waals surface area contributed by atoms with Crippen LogP contribution >= 0.6 is 0 Å². The maximum absolute atomic E-state index is 4.07. The molecule has 5 heteroatoms. The van der Waals surface area contributed by atoms with Crippen molar-refractivity contribution >= 4 is 11.8 Å². The van der Waals surface area contributed by atoms with Gasteiger partial charge in [0.05, 0.1) is 0 Å². The average Bonchev–Trinajstić information content (AvgIpc) is 2.67. The Hall–Kier alpha value is -1.91. The topological polar surface area (TPSA) is 66.5 Å². The fourth-order valence-electron chi connectivity index (χ4n) is 1.08. The molecule has 0 amide bonds. The average molecular weight is 189 g/mol. The van der Waals surface area contributed by atoms with Crippen LogP contribution < -0.4 is 5.32 Å². The normalized spacial score (nSPS) is 10.1. The van der Waals surface area contributed by atoms with Gasteiger partial charge in [0.15, 0.2) is 5.82 Å². The molecule has 0 radical (unpaired) electrons. The second-order valence-corrected chi connectivity index (χ2v) is 2.83. The van der Waals surface area contributed by atoms with E-state index in [1.807, 2.05) is 6.07 Å². The molecule has 2 aromatic rings. The standard InChI is InChI=1S/C9H11N5/c1-2-7-6-8(14-13-7)12-9-10-4-3-5-11-9/h3-6H,2H2,1H3,(H2,10,11,12,13,14). The first-order valence-corrected chi connectivity index (χ1v) is 4.47. The van der Waals surface area contributed by atoms with Crippen molar-refractivity contribution < 1.29 is 0 Å². The minimum absolute atomic E-state index is 0.557. The Kier molecular flexibility index (Phi) is 2.40. The first-order valence-electron chi connectivity index (χ1n) is 4.47. The molecule has 2 N–H and O–H groups in total. The van der Waals surface area contributed by atoms with Gasteiger partial charge in [-0.25, -0.2) is 9.97 Å². The molecule has 0 spiro atoms. The van der Waals surface area contributed by atoms with E-state index < -0.39 is 0 Å². The highest BCUT2D eigenvalue weighted by molar-refractivity contribution is 5.47. The van der Waals surface area contributed by atoms with Gasteiger partial charge in [-0.15, -0.1) is 0 Å². The molecule has 72 valence electrons. The Morgan fingerprint density at radius 3 is 2.79 bits per heavy atom. The summed E-state index contributed by atoms with van der Waals surface area (Å²) in [4.78, 5) is 8.07. The van der Waals surface area contributed by atoms with Gasteiger partial charge in [-0.05, 0) is 12.5 Å². The Bertz CT molecular complexity index is 395. The molecule has 0 atom stereocenters. The second kappa shape index (κ2) is 3.87. The fourth-order valence-corrected chi connectivity index (χ4v) is 1.08. The van der Waals surface area contributed by atoms with Crippen LogP contribution in [0.5, 0.6) is 0 Å². The number of anilines is 2. The molecule has 2 heterocycles. The third kappa shape index (κ3) is 1.87. The number of rotatable bonds is 3. The van der Waals surface area contributed by atoms with Crippen LogP contribution in [-0.4, -0.2) is 20.2 Å². The quantitative estimate of drug-likeness (QED) is 0.768. The number of hydrogen-bond acceptors (Lipinski definition) is 4. The molecule has 2 aromatic heterocycles. The number of hydrogen-bond donors (Lipinski definition) is 2. The summed E-state index contributed by atoms with van der Waals surface area (Å²) in [5, 5.41) is 9.97. The predicted molar refractivity (Wildman–Crippen MR) is 53.3 cm³/mol. The molecule has 0 aliphatic rings. The fraction of sp³-hybridized carbons (Fsp3) is 0.222. The van der Waals surface area contributed by atoms with E-state index in [1.54, 1.807) is 18.5 Å². The zero-order chi connectivity index (χ0) is 9.80. The predicted octanol–water partition coefficient (Wildman–Crippen LogP) is 1.51. The van der Waals surface area contributed by atoms with Crippen molar-refractivity contribution in [3.63, 3.8) is 0 Å². The maximum Gasteiger partial charge on any atom is 0.228 e. The van der Waals surface area contributed by atoms with Crippen LogP contribution in [0.3, 0.4) is 0 Å². The molecule has 0 aromatic carbocycles. The van der Waals surface area contributed by atoms with Gasteiger partial charge in [-0.3, -0.25) is 5.10 Å². The number of aromatic nitrogens is 4. The second-order valence-electron chi connectivity index (χ2n) is 2.83. The molecule has 0 unspecified atom stereocenters. The van der Waals surface area contributed by atoms with Crippen LogP contribution in [0.2, 0.25) is 0 Å². The Labute approximate surface area is 81.6 Å². The van der Waals surface area contributed by atoms with Gasteiger partial charge in [0, 0.05) is 24.2 Å². The molecule has 5 nitrogen and oxygen atoms in total. The molecule has 0 saturated carbocycles. The van der Waals surface area contributed by atoms with E-state index in [-0.39, 0.29) is 0 Å². The molecule has 0 aliphatic carbocycles. The summed E-state index contributed by atoms with van der Waals surface area (Å²) in [6.07, 6.45) is 4.30. The third-order valence-electron chi connectivity index (χ3n) is 1.82. The zero-order valence-electron chi connectivity index (χ0n) is 7.86. The van der Waals surface area contributed by atoms with Gasteiger partial charge >= 0.3 is 0 Å². The third-order valence-corrected chi connectivity index (χ3v) is 1.82. The molecule has 0 aliphatic heterocycles. The van der Waals surface area contributed by atoms with Gasteiger partial charge in [0.1, 0.15) is 0 Å². The smallest absolute Gasteiger partial charge is 0.228 e. The highest BCUT2D eigenvalue weighted by Gasteiger charge is 2.00. The molecule has 0 saturated heterocycles. The summed E-state index contributed by atoms with van der Waals surface area (Å²) in [6.45, 7) is 2.07. The number of nitrogens with one attached hydrogen (secondary N) is 2. The van der Waals surface area contributed by atoms with Crippen LogP contribution in [0.25, 0.3) is 0 Å². The molecule has 14 heavy (non-hydrogen) atoms. The van der Waals surface area contributed by atoms with Crippen LogP contribution in [0.1, 0.15) is 12.6 Å². The lowest BCUT2D eigenvalue weighted by atomic mass is 10.3. The van der Waals surface area contributed by atoms with E-state index in [9.17, 15) is 0 Å². The lowest BCUT2D eigenvalue weighted by Gasteiger charge is -1.97. The summed E-state index contributed by atoms with van der Waals surface area (Å²) < 4.78 is 0. The van der Waals surface area contributed by atoms with Crippen LogP contribution in [0, 0.1) is 0 Å². The van der Waals surface area contributed by atoms with E-state index in [0.29, 0.717) is 5.95 Å². The molecule has 0 bridgehead atoms. The lowest BCUT2D eigenvalue weighted by molar-refractivity contribution is 0.974. The van der Waals surface area contributed by atoms with Crippen LogP contribution in [0.15, 0.2) is 24.5 Å². The lowest BCUT2D eigenvalue weighted by Crippen LogP contribution is -1.95. The van der Waals surface area contributed by atoms with E-state index >= 15 is 0 Å². The summed E-state index contributed by atoms with van der Waals surface area (Å²) in [5.74, 6) is 1.30. The van der Waals surface area contributed by atoms with Crippen molar-refractivity contribution in [1.82, 2.24) is 20.2 Å². The van der Waals surface area contributed by atoms with Gasteiger partial charge in [0.25, 0.3) is 0 Å². The molecular weight excluding hydrogens is 178 g/mol. The van der Waals surface area contributed by atoms with Crippen molar-refractivity contribution in [3.05, 3.63) is 30.2 Å². The minimum Gasteiger partial charge on any atom is -0.307 e. The van der Waals surface area contributed by atoms with Crippen LogP contribution in [-0.2, 0) is 6.42 Å². The highest BCUT2D eigenvalue weighted by atomic mass is 15.2. The van der Waals surface area contributed by atoms with Crippen molar-refractivity contribution in [3.8, 4) is 0 Å². The monoisotopic (exact) mass is 189 g/mol. The van der Waals surface area contributed by atoms with Crippen molar-refractivity contribution in [2.45, 2.75) is 13.3 Å². The SMILES string of the molecule is CCc1cc(Nc2ncccn2)n[nH]1. The number of aryl methyl sites for hydroxylation is 1. The first kappa shape index (κ1) is 8.68. The van der Waals surface area contributed by atoms with Gasteiger partial charge < -0.3 is 5.32 Å². The van der Waals surface area contributed by atoms with Gasteiger partial charge in [0.2, 0.25) is 5.95 Å². The van der Waals surface area contributed by atoms with Crippen molar-refractivity contribution in [2.24, 2.45) is 0 Å². The van der Waals surface area contributed by atoms with Gasteiger partial charge in [-0.2, -0.15) is 5.10 Å². The van der Waals surface area contributed by atoms with E-state index in [2.05, 4.69) is 32.4 Å². The Morgan fingerprint density at radius 1 is 1.36 bits per heavy atom. The van der Waals surface area contributed by atoms with Crippen LogP contribution in [0.4, 0.5) is 11.8 Å². The summed E-state index contributed by atoms with van der Waals surface area (Å²) in [7, 11) is 0. The van der Waals surface area contributed by atoms with Crippen molar-refractivity contribution in [2.75, 3.05) is 5.32 Å². The first-order chi connectivity index (χ1) is 6.88. The maximum atomic E-state index is 4.07. The van der Waals surface area contributed by atoms with E-state index in [4.69, 9.17) is 0 Å². The van der Waals surface area contributed by atoms with E-state index in [0.717, 1.165) is 17.9 Å². The summed E-state index contributed by atoms with van der Waals surface area (Å²) in [6, 6.07) is 3.71. The largest absolute Gasteiger partial charge is 0.307 e. The number of nitrogens with zero attached hydrogens (tertiary/aromatic N) is 3. The number of H-pyrrole nitrogens is 1. The minimum atomic E-state index is 0.557. The Balaban J connectivity index is 2.11. The molecule has 2 rings (SSSR count). The molecule has 0 fully saturated rings. The zero-order valence-corrected chi connectivity index (χ0v) is 7.86. The highest BCUT2D eigenvalue weighted by Crippen LogP contribution is 2.09. The number of aromatic amines is 1. The van der Waals surface area contributed by atoms with Crippen molar-refractivity contribution in [1.29, 1.82) is 0 Å². The Morgan fingerprint density at radius 2 is 2.14 bits per heavy atom.